The fraction of sp³-hybridized carbons (Fsp3) is 0.667. The molecular weight excluding hydrogens is 398 g/mol. The number of hydrogen-bond donors (Lipinski definition) is 9. The molecule has 0 rings (SSSR count). The van der Waals surface area contributed by atoms with E-state index in [4.69, 9.17) is 21.1 Å². The first-order valence-electron chi connectivity index (χ1n) is 6.18. The summed E-state index contributed by atoms with van der Waals surface area (Å²) in [5, 5.41) is 23.3. The molecule has 0 heterocycles. The van der Waals surface area contributed by atoms with Gasteiger partial charge in [-0.15, -0.1) is 6.58 Å². The second kappa shape index (κ2) is 43.2. The largest absolute Gasteiger partial charge is 0.481 e. The molecule has 11 heteroatoms. The number of carbonyl (C=O) groups is 2. The van der Waals surface area contributed by atoms with E-state index in [2.05, 4.69) is 69.7 Å². The molecular formula is C12H29NO5S5. The minimum absolute atomic E-state index is 0.0833. The fourth-order valence-corrected chi connectivity index (χ4v) is 0.287. The Kier molecular flexibility index (Phi) is 65.1. The molecule has 0 radical (unpaired) electrons. The first-order valence-corrected chi connectivity index (χ1v) is 9.35. The lowest BCUT2D eigenvalue weighted by molar-refractivity contribution is -0.136. The Hall–Kier alpha value is 0.350. The maximum absolute atomic E-state index is 9.55. The SMILES string of the molecule is C=CCS.NCCS.O=C(O)CCS.O=C(O)CS.OCCS. The molecule has 0 unspecified atom stereocenters. The van der Waals surface area contributed by atoms with E-state index in [0.717, 1.165) is 11.5 Å². The maximum atomic E-state index is 9.55. The third-order valence-electron chi connectivity index (χ3n) is 0.819. The average molecular weight is 428 g/mol. The van der Waals surface area contributed by atoms with Crippen molar-refractivity contribution in [2.24, 2.45) is 5.73 Å². The van der Waals surface area contributed by atoms with E-state index in [1.807, 2.05) is 0 Å². The van der Waals surface area contributed by atoms with Crippen LogP contribution < -0.4 is 5.73 Å². The van der Waals surface area contributed by atoms with Gasteiger partial charge in [-0.3, -0.25) is 9.59 Å². The predicted octanol–water partition coefficient (Wildman–Crippen LogP) is 1.28. The van der Waals surface area contributed by atoms with Gasteiger partial charge in [0, 0.05) is 29.6 Å². The number of hydrogen-bond acceptors (Lipinski definition) is 9. The lowest BCUT2D eigenvalue weighted by Gasteiger charge is -1.79. The zero-order chi connectivity index (χ0) is 19.5. The molecule has 0 saturated carbocycles. The molecule has 0 atom stereocenters. The van der Waals surface area contributed by atoms with Crippen molar-refractivity contribution < 1.29 is 24.9 Å². The zero-order valence-corrected chi connectivity index (χ0v) is 17.4. The smallest absolute Gasteiger partial charge is 0.313 e. The lowest BCUT2D eigenvalue weighted by atomic mass is 10.5. The first kappa shape index (κ1) is 34.6. The normalized spacial score (nSPS) is 7.43. The molecule has 5 N–H and O–H groups in total. The lowest BCUT2D eigenvalue weighted by Crippen LogP contribution is -1.97. The molecule has 0 fully saturated rings. The maximum Gasteiger partial charge on any atom is 0.313 e. The zero-order valence-electron chi connectivity index (χ0n) is 12.9. The van der Waals surface area contributed by atoms with E-state index in [0.29, 0.717) is 18.1 Å². The van der Waals surface area contributed by atoms with Crippen molar-refractivity contribution >= 4 is 75.1 Å². The molecule has 0 aromatic heterocycles. The Labute approximate surface area is 166 Å². The van der Waals surface area contributed by atoms with Crippen LogP contribution in [0.4, 0.5) is 0 Å². The molecule has 0 saturated heterocycles. The van der Waals surface area contributed by atoms with Crippen LogP contribution in [0.3, 0.4) is 0 Å². The number of carboxylic acid groups (broad SMARTS) is 2. The molecule has 0 aliphatic rings. The summed E-state index contributed by atoms with van der Waals surface area (Å²) in [7, 11) is 0. The molecule has 0 aromatic rings. The highest BCUT2D eigenvalue weighted by atomic mass is 32.1. The van der Waals surface area contributed by atoms with Crippen LogP contribution in [0.1, 0.15) is 6.42 Å². The van der Waals surface area contributed by atoms with E-state index in [1.54, 1.807) is 6.08 Å². The summed E-state index contributed by atoms with van der Waals surface area (Å²) >= 11 is 18.4. The average Bonchev–Trinajstić information content (AvgIpc) is 2.55. The van der Waals surface area contributed by atoms with Crippen LogP contribution in [-0.2, 0) is 9.59 Å². The van der Waals surface area contributed by atoms with Crippen LogP contribution in [0.5, 0.6) is 0 Å². The van der Waals surface area contributed by atoms with Crippen LogP contribution in [-0.4, -0.2) is 69.2 Å². The van der Waals surface area contributed by atoms with Gasteiger partial charge in [0.1, 0.15) is 0 Å². The summed E-state index contributed by atoms with van der Waals surface area (Å²) in [5.41, 5.74) is 4.95. The number of aliphatic hydroxyl groups is 1. The third-order valence-corrected chi connectivity index (χ3v) is 2.03. The molecule has 0 amide bonds. The molecule has 0 spiro atoms. The van der Waals surface area contributed by atoms with Gasteiger partial charge >= 0.3 is 11.9 Å². The molecule has 23 heavy (non-hydrogen) atoms. The number of thiol groups is 5. The van der Waals surface area contributed by atoms with Gasteiger partial charge in [0.25, 0.3) is 0 Å². The van der Waals surface area contributed by atoms with Crippen molar-refractivity contribution in [1.29, 1.82) is 0 Å². The van der Waals surface area contributed by atoms with Crippen LogP contribution in [0, 0.1) is 0 Å². The molecule has 0 aliphatic carbocycles. The van der Waals surface area contributed by atoms with Crippen LogP contribution >= 0.6 is 63.1 Å². The third kappa shape index (κ3) is 133. The molecule has 142 valence electrons. The highest BCUT2D eigenvalue weighted by Crippen LogP contribution is 1.79. The van der Waals surface area contributed by atoms with Crippen molar-refractivity contribution in [3.63, 3.8) is 0 Å². The number of aliphatic hydroxyl groups excluding tert-OH is 1. The number of carboxylic acids is 2. The van der Waals surface area contributed by atoms with Gasteiger partial charge in [0.15, 0.2) is 0 Å². The summed E-state index contributed by atoms with van der Waals surface area (Å²) in [5.74, 6) is 0.813. The van der Waals surface area contributed by atoms with Gasteiger partial charge in [-0.05, 0) is 0 Å². The van der Waals surface area contributed by atoms with E-state index in [9.17, 15) is 9.59 Å². The molecule has 0 aliphatic heterocycles. The second-order valence-corrected chi connectivity index (χ2v) is 4.87. The van der Waals surface area contributed by atoms with E-state index < -0.39 is 11.9 Å². The Morgan fingerprint density at radius 2 is 1.26 bits per heavy atom. The number of aliphatic carboxylic acids is 2. The van der Waals surface area contributed by atoms with E-state index in [-0.39, 0.29) is 18.8 Å². The quantitative estimate of drug-likeness (QED) is 0.233. The molecule has 0 bridgehead atoms. The summed E-state index contributed by atoms with van der Waals surface area (Å²) < 4.78 is 0. The van der Waals surface area contributed by atoms with Crippen molar-refractivity contribution in [3.8, 4) is 0 Å². The Bertz CT molecular complexity index is 228. The fourth-order valence-electron chi connectivity index (χ4n) is 0.0956. The summed E-state index contributed by atoms with van der Waals surface area (Å²) in [6, 6.07) is 0. The topological polar surface area (TPSA) is 121 Å². The Morgan fingerprint density at radius 1 is 0.957 bits per heavy atom. The van der Waals surface area contributed by atoms with Gasteiger partial charge < -0.3 is 21.1 Å². The predicted molar refractivity (Wildman–Crippen MR) is 115 cm³/mol. The summed E-state index contributed by atoms with van der Waals surface area (Å²) in [6.07, 6.45) is 1.90. The Morgan fingerprint density at radius 3 is 1.26 bits per heavy atom. The minimum Gasteiger partial charge on any atom is -0.481 e. The van der Waals surface area contributed by atoms with Crippen LogP contribution in [0.15, 0.2) is 12.7 Å². The van der Waals surface area contributed by atoms with Gasteiger partial charge in [0.05, 0.1) is 18.8 Å². The van der Waals surface area contributed by atoms with Crippen molar-refractivity contribution in [1.82, 2.24) is 0 Å². The molecule has 6 nitrogen and oxygen atoms in total. The first-order chi connectivity index (χ1) is 10.8. The van der Waals surface area contributed by atoms with Crippen molar-refractivity contribution in [2.45, 2.75) is 6.42 Å². The van der Waals surface area contributed by atoms with E-state index in [1.165, 1.54) is 0 Å². The Balaban J connectivity index is -0.0000000594. The molecule has 0 aromatic carbocycles. The van der Waals surface area contributed by atoms with Gasteiger partial charge in [-0.1, -0.05) is 6.08 Å². The highest BCUT2D eigenvalue weighted by molar-refractivity contribution is 7.81. The summed E-state index contributed by atoms with van der Waals surface area (Å²) in [6.45, 7) is 4.27. The van der Waals surface area contributed by atoms with Gasteiger partial charge in [0.2, 0.25) is 0 Å². The highest BCUT2D eigenvalue weighted by Gasteiger charge is 1.88. The minimum atomic E-state index is -0.881. The van der Waals surface area contributed by atoms with Crippen molar-refractivity contribution in [2.75, 3.05) is 41.9 Å². The van der Waals surface area contributed by atoms with Gasteiger partial charge in [-0.2, -0.15) is 63.1 Å². The second-order valence-electron chi connectivity index (χ2n) is 2.85. The number of rotatable bonds is 6. The standard InChI is InChI=1S/C3H6O2S.C3H6S.C2H7NS.C2H4O2S.C2H6OS/c4-3(5)1-2-6;1-2-3-4;3-1-2-4;3-2(4)1-5;3-1-2-4/h6H,1-2H2,(H,4,5);2,4H,1,3H2;4H,1-3H2;5H,1H2,(H,3,4);3-4H,1-2H2. The van der Waals surface area contributed by atoms with Crippen LogP contribution in [0.25, 0.3) is 0 Å². The monoisotopic (exact) mass is 427 g/mol. The van der Waals surface area contributed by atoms with Crippen LogP contribution in [0.2, 0.25) is 0 Å². The van der Waals surface area contributed by atoms with Crippen molar-refractivity contribution in [3.05, 3.63) is 12.7 Å². The van der Waals surface area contributed by atoms with Gasteiger partial charge in [-0.25, -0.2) is 0 Å². The number of nitrogens with two attached hydrogens (primary N) is 1. The van der Waals surface area contributed by atoms with E-state index >= 15 is 0 Å². The summed E-state index contributed by atoms with van der Waals surface area (Å²) in [4.78, 5) is 18.8.